The standard InChI is InChI=1S/C56H38O2/c1-55(2)43-29-42-44(30-41(43)51-45(55)27-39(35-23-13-17-31-15-5-7-19-33(31)35)49-37-21-9-11-25-47(37)57-53(49)51)56(3,4)46-28-40(36-24-14-18-32-16-6-8-20-34(32)36)50-38-22-10-12-26-48(38)58-54(50)52(42)46/h5-30H,1-4H3. The minimum atomic E-state index is -0.297. The van der Waals surface area contributed by atoms with Gasteiger partial charge in [-0.05, 0) is 114 Å². The van der Waals surface area contributed by atoms with Crippen LogP contribution in [0.1, 0.15) is 49.9 Å². The molecule has 0 atom stereocenters. The van der Waals surface area contributed by atoms with Crippen molar-refractivity contribution in [2.75, 3.05) is 0 Å². The van der Waals surface area contributed by atoms with Crippen LogP contribution in [0.25, 0.3) is 110 Å². The molecule has 2 nitrogen and oxygen atoms in total. The molecule has 11 aromatic rings. The van der Waals surface area contributed by atoms with Gasteiger partial charge < -0.3 is 8.83 Å². The fourth-order valence-electron chi connectivity index (χ4n) is 11.0. The van der Waals surface area contributed by atoms with Gasteiger partial charge in [0.25, 0.3) is 0 Å². The second-order valence-electron chi connectivity index (χ2n) is 17.5. The Morgan fingerprint density at radius 1 is 0.328 bits per heavy atom. The monoisotopic (exact) mass is 742 g/mol. The predicted molar refractivity (Wildman–Crippen MR) is 242 cm³/mol. The zero-order valence-corrected chi connectivity index (χ0v) is 32.8. The Bertz CT molecular complexity index is 3370. The molecule has 2 aromatic heterocycles. The lowest BCUT2D eigenvalue weighted by Gasteiger charge is -2.24. The quantitative estimate of drug-likeness (QED) is 0.176. The lowest BCUT2D eigenvalue weighted by Crippen LogP contribution is -2.17. The molecule has 0 unspecified atom stereocenters. The van der Waals surface area contributed by atoms with E-state index in [2.05, 4.69) is 185 Å². The molecule has 0 radical (unpaired) electrons. The van der Waals surface area contributed by atoms with Gasteiger partial charge in [-0.3, -0.25) is 0 Å². The van der Waals surface area contributed by atoms with Gasteiger partial charge in [-0.1, -0.05) is 149 Å². The molecule has 2 aliphatic rings. The second kappa shape index (κ2) is 10.9. The number of furan rings is 2. The number of rotatable bonds is 2. The highest BCUT2D eigenvalue weighted by Gasteiger charge is 2.45. The maximum Gasteiger partial charge on any atom is 0.144 e. The van der Waals surface area contributed by atoms with Crippen molar-refractivity contribution < 1.29 is 8.83 Å². The lowest BCUT2D eigenvalue weighted by molar-refractivity contribution is 0.648. The zero-order chi connectivity index (χ0) is 38.7. The summed E-state index contributed by atoms with van der Waals surface area (Å²) in [6.45, 7) is 9.58. The molecule has 0 N–H and O–H groups in total. The second-order valence-corrected chi connectivity index (χ2v) is 17.5. The summed E-state index contributed by atoms with van der Waals surface area (Å²) in [5.41, 5.74) is 18.3. The molecule has 2 heterocycles. The lowest BCUT2D eigenvalue weighted by atomic mass is 9.78. The van der Waals surface area contributed by atoms with E-state index in [-0.39, 0.29) is 10.8 Å². The van der Waals surface area contributed by atoms with E-state index in [9.17, 15) is 0 Å². The molecule has 274 valence electrons. The van der Waals surface area contributed by atoms with E-state index in [1.54, 1.807) is 0 Å². The van der Waals surface area contributed by atoms with Crippen molar-refractivity contribution in [3.63, 3.8) is 0 Å². The molecular weight excluding hydrogens is 705 g/mol. The summed E-state index contributed by atoms with van der Waals surface area (Å²) in [6, 6.07) is 57.9. The summed E-state index contributed by atoms with van der Waals surface area (Å²) in [4.78, 5) is 0. The van der Waals surface area contributed by atoms with Crippen LogP contribution >= 0.6 is 0 Å². The number of fused-ring (bicyclic) bond motifs is 16. The van der Waals surface area contributed by atoms with Crippen LogP contribution in [0.2, 0.25) is 0 Å². The molecule has 0 bridgehead atoms. The van der Waals surface area contributed by atoms with Gasteiger partial charge in [-0.2, -0.15) is 0 Å². The topological polar surface area (TPSA) is 26.3 Å². The average Bonchev–Trinajstić information content (AvgIpc) is 3.95. The molecule has 0 saturated heterocycles. The molecule has 9 aromatic carbocycles. The van der Waals surface area contributed by atoms with Crippen LogP contribution in [0.15, 0.2) is 167 Å². The molecule has 0 saturated carbocycles. The van der Waals surface area contributed by atoms with E-state index in [0.29, 0.717) is 0 Å². The summed E-state index contributed by atoms with van der Waals surface area (Å²) in [5.74, 6) is 0. The number of hydrogen-bond acceptors (Lipinski definition) is 2. The van der Waals surface area contributed by atoms with Gasteiger partial charge in [0.15, 0.2) is 0 Å². The van der Waals surface area contributed by atoms with Crippen molar-refractivity contribution in [1.29, 1.82) is 0 Å². The van der Waals surface area contributed by atoms with Crippen LogP contribution in [-0.2, 0) is 10.8 Å². The first-order valence-corrected chi connectivity index (χ1v) is 20.4. The van der Waals surface area contributed by atoms with Crippen LogP contribution in [0.5, 0.6) is 0 Å². The van der Waals surface area contributed by atoms with Crippen molar-refractivity contribution in [3.05, 3.63) is 180 Å². The average molecular weight is 743 g/mol. The Balaban J connectivity index is 1.12. The van der Waals surface area contributed by atoms with Crippen molar-refractivity contribution in [2.45, 2.75) is 38.5 Å². The van der Waals surface area contributed by atoms with Gasteiger partial charge in [0, 0.05) is 43.5 Å². The van der Waals surface area contributed by atoms with E-state index >= 15 is 0 Å². The number of hydrogen-bond donors (Lipinski definition) is 0. The molecule has 0 fully saturated rings. The fourth-order valence-corrected chi connectivity index (χ4v) is 11.0. The molecule has 0 spiro atoms. The maximum atomic E-state index is 7.03. The van der Waals surface area contributed by atoms with Gasteiger partial charge in [0.1, 0.15) is 22.3 Å². The number of para-hydroxylation sites is 2. The van der Waals surface area contributed by atoms with Crippen LogP contribution in [0, 0.1) is 0 Å². The largest absolute Gasteiger partial charge is 0.455 e. The Hall–Kier alpha value is -6.90. The summed E-state index contributed by atoms with van der Waals surface area (Å²) in [5, 5.41) is 9.64. The summed E-state index contributed by atoms with van der Waals surface area (Å²) in [6.07, 6.45) is 0. The zero-order valence-electron chi connectivity index (χ0n) is 32.8. The van der Waals surface area contributed by atoms with Crippen LogP contribution in [-0.4, -0.2) is 0 Å². The first-order valence-electron chi connectivity index (χ1n) is 20.4. The summed E-state index contributed by atoms with van der Waals surface area (Å²) in [7, 11) is 0. The molecule has 2 aliphatic carbocycles. The van der Waals surface area contributed by atoms with Crippen LogP contribution in [0.4, 0.5) is 0 Å². The highest BCUT2D eigenvalue weighted by Crippen LogP contribution is 2.61. The van der Waals surface area contributed by atoms with Gasteiger partial charge in [0.2, 0.25) is 0 Å². The molecule has 2 heteroatoms. The maximum absolute atomic E-state index is 7.03. The van der Waals surface area contributed by atoms with E-state index in [0.717, 1.165) is 33.1 Å². The van der Waals surface area contributed by atoms with Gasteiger partial charge >= 0.3 is 0 Å². The first-order chi connectivity index (χ1) is 28.3. The fraction of sp³-hybridized carbons (Fsp3) is 0.107. The van der Waals surface area contributed by atoms with E-state index < -0.39 is 0 Å². The van der Waals surface area contributed by atoms with E-state index in [1.807, 2.05) is 0 Å². The highest BCUT2D eigenvalue weighted by molar-refractivity contribution is 6.22. The summed E-state index contributed by atoms with van der Waals surface area (Å²) < 4.78 is 14.1. The minimum Gasteiger partial charge on any atom is -0.455 e. The Kier molecular flexibility index (Phi) is 6.07. The minimum absolute atomic E-state index is 0.297. The van der Waals surface area contributed by atoms with Gasteiger partial charge in [-0.25, -0.2) is 0 Å². The molecule has 58 heavy (non-hydrogen) atoms. The van der Waals surface area contributed by atoms with Gasteiger partial charge in [-0.15, -0.1) is 0 Å². The Morgan fingerprint density at radius 3 is 1.14 bits per heavy atom. The van der Waals surface area contributed by atoms with Crippen molar-refractivity contribution >= 4 is 65.4 Å². The number of benzene rings is 9. The SMILES string of the molecule is CC1(C)c2cc3c(cc2-c2c1cc(-c1cccc4ccccc14)c1c2oc2ccccc21)C(C)(C)c1cc(-c2cccc4ccccc24)c2c(oc4ccccc42)c1-3. The van der Waals surface area contributed by atoms with Crippen molar-refractivity contribution in [2.24, 2.45) is 0 Å². The third kappa shape index (κ3) is 3.97. The first kappa shape index (κ1) is 32.2. The van der Waals surface area contributed by atoms with Crippen molar-refractivity contribution in [3.8, 4) is 44.5 Å². The van der Waals surface area contributed by atoms with Crippen LogP contribution < -0.4 is 0 Å². The van der Waals surface area contributed by atoms with E-state index in [1.165, 1.54) is 99.1 Å². The third-order valence-electron chi connectivity index (χ3n) is 13.8. The van der Waals surface area contributed by atoms with Gasteiger partial charge in [0.05, 0.1) is 0 Å². The Labute approximate surface area is 336 Å². The summed E-state index contributed by atoms with van der Waals surface area (Å²) >= 11 is 0. The predicted octanol–water partition coefficient (Wildman–Crippen LogP) is 15.7. The molecule has 13 rings (SSSR count). The van der Waals surface area contributed by atoms with E-state index in [4.69, 9.17) is 8.83 Å². The molecular formula is C56H38O2. The smallest absolute Gasteiger partial charge is 0.144 e. The normalized spacial score (nSPS) is 14.8. The highest BCUT2D eigenvalue weighted by atomic mass is 16.3. The third-order valence-corrected chi connectivity index (χ3v) is 13.8. The van der Waals surface area contributed by atoms with Crippen molar-refractivity contribution in [1.82, 2.24) is 0 Å². The molecule has 0 amide bonds. The Morgan fingerprint density at radius 2 is 0.690 bits per heavy atom. The molecule has 0 aliphatic heterocycles. The van der Waals surface area contributed by atoms with Crippen LogP contribution in [0.3, 0.4) is 0 Å².